The summed E-state index contributed by atoms with van der Waals surface area (Å²) in [6.07, 6.45) is 0.609. The summed E-state index contributed by atoms with van der Waals surface area (Å²) in [4.78, 5) is 11.8. The van der Waals surface area contributed by atoms with Gasteiger partial charge in [-0.05, 0) is 18.4 Å². The summed E-state index contributed by atoms with van der Waals surface area (Å²) in [5.41, 5.74) is 0.395. The van der Waals surface area contributed by atoms with Gasteiger partial charge in [0.15, 0.2) is 0 Å². The summed E-state index contributed by atoms with van der Waals surface area (Å²) in [5.74, 6) is -0.168. The predicted octanol–water partition coefficient (Wildman–Crippen LogP) is 1.26. The molecule has 2 aliphatic carbocycles. The molecule has 3 fully saturated rings. The molecule has 0 aromatic carbocycles. The fraction of sp³-hybridized carbons (Fsp3) is 0.800. The third-order valence-electron chi connectivity index (χ3n) is 5.78. The molecule has 0 amide bonds. The lowest BCUT2D eigenvalue weighted by Gasteiger charge is -2.54. The molecule has 7 atom stereocenters. The van der Waals surface area contributed by atoms with E-state index in [4.69, 9.17) is 4.74 Å². The molecule has 3 rings (SSSR count). The molecule has 0 aromatic heterocycles. The Morgan fingerprint density at radius 1 is 1.42 bits per heavy atom. The zero-order chi connectivity index (χ0) is 13.9. The summed E-state index contributed by atoms with van der Waals surface area (Å²) in [5, 5.41) is 20.4. The van der Waals surface area contributed by atoms with Gasteiger partial charge in [-0.25, -0.2) is 0 Å². The van der Waals surface area contributed by atoms with E-state index in [1.54, 1.807) is 0 Å². The monoisotopic (exact) mass is 266 g/mol. The maximum atomic E-state index is 11.8. The molecule has 106 valence electrons. The third-order valence-corrected chi connectivity index (χ3v) is 5.78. The number of esters is 1. The fourth-order valence-corrected chi connectivity index (χ4v) is 4.37. The molecule has 19 heavy (non-hydrogen) atoms. The molecule has 3 aliphatic rings. The minimum Gasteiger partial charge on any atom is -0.461 e. The van der Waals surface area contributed by atoms with E-state index in [2.05, 4.69) is 6.58 Å². The largest absolute Gasteiger partial charge is 0.461 e. The maximum Gasteiger partial charge on any atom is 0.309 e. The van der Waals surface area contributed by atoms with Crippen molar-refractivity contribution in [2.24, 2.45) is 23.2 Å². The first-order chi connectivity index (χ1) is 8.86. The molecule has 4 heteroatoms. The first-order valence-electron chi connectivity index (χ1n) is 7.11. The minimum atomic E-state index is -0.693. The maximum absolute atomic E-state index is 11.8. The van der Waals surface area contributed by atoms with Crippen molar-refractivity contribution in [3.05, 3.63) is 12.2 Å². The Morgan fingerprint density at radius 2 is 2.11 bits per heavy atom. The number of rotatable bonds is 0. The second kappa shape index (κ2) is 4.06. The van der Waals surface area contributed by atoms with Crippen LogP contribution in [-0.4, -0.2) is 34.5 Å². The Kier molecular flexibility index (Phi) is 2.81. The summed E-state index contributed by atoms with van der Waals surface area (Å²) < 4.78 is 5.56. The minimum absolute atomic E-state index is 0.0847. The summed E-state index contributed by atoms with van der Waals surface area (Å²) in [6, 6.07) is 0. The second-order valence-corrected chi connectivity index (χ2v) is 6.72. The Bertz CT molecular complexity index is 432. The van der Waals surface area contributed by atoms with Gasteiger partial charge in [0, 0.05) is 23.7 Å². The Labute approximate surface area is 113 Å². The van der Waals surface area contributed by atoms with E-state index in [9.17, 15) is 15.0 Å². The molecule has 4 nitrogen and oxygen atoms in total. The Morgan fingerprint density at radius 3 is 2.79 bits per heavy atom. The highest BCUT2D eigenvalue weighted by Gasteiger charge is 2.60. The van der Waals surface area contributed by atoms with Crippen LogP contribution >= 0.6 is 0 Å². The highest BCUT2D eigenvalue weighted by Crippen LogP contribution is 2.57. The number of ether oxygens (including phenoxy) is 1. The molecular formula is C15H22O4. The van der Waals surface area contributed by atoms with Crippen LogP contribution in [0.25, 0.3) is 0 Å². The van der Waals surface area contributed by atoms with Gasteiger partial charge < -0.3 is 14.9 Å². The number of carbonyl (C=O) groups excluding carboxylic acids is 1. The normalized spacial score (nSPS) is 53.5. The van der Waals surface area contributed by atoms with Crippen molar-refractivity contribution in [1.82, 2.24) is 0 Å². The molecule has 1 unspecified atom stereocenters. The molecule has 1 heterocycles. The van der Waals surface area contributed by atoms with Gasteiger partial charge >= 0.3 is 5.97 Å². The van der Waals surface area contributed by atoms with Gasteiger partial charge in [-0.3, -0.25) is 4.79 Å². The molecule has 1 saturated heterocycles. The van der Waals surface area contributed by atoms with Crippen LogP contribution in [0.4, 0.5) is 0 Å². The van der Waals surface area contributed by atoms with Crippen molar-refractivity contribution in [2.45, 2.75) is 51.4 Å². The van der Waals surface area contributed by atoms with E-state index in [-0.39, 0.29) is 35.2 Å². The number of carbonyl (C=O) groups is 1. The van der Waals surface area contributed by atoms with Crippen molar-refractivity contribution in [2.75, 3.05) is 0 Å². The lowest BCUT2D eigenvalue weighted by atomic mass is 9.53. The van der Waals surface area contributed by atoms with Crippen LogP contribution in [0.3, 0.4) is 0 Å². The van der Waals surface area contributed by atoms with E-state index in [0.717, 1.165) is 18.4 Å². The molecule has 0 bridgehead atoms. The molecule has 0 spiro atoms. The van der Waals surface area contributed by atoms with Gasteiger partial charge in [0.1, 0.15) is 6.10 Å². The number of aliphatic hydroxyl groups excluding tert-OH is 2. The quantitative estimate of drug-likeness (QED) is 0.512. The first-order valence-corrected chi connectivity index (χ1v) is 7.11. The molecular weight excluding hydrogens is 244 g/mol. The first kappa shape index (κ1) is 13.1. The zero-order valence-corrected chi connectivity index (χ0v) is 11.5. The van der Waals surface area contributed by atoms with Gasteiger partial charge in [-0.15, -0.1) is 0 Å². The van der Waals surface area contributed by atoms with E-state index < -0.39 is 12.2 Å². The predicted molar refractivity (Wildman–Crippen MR) is 69.1 cm³/mol. The van der Waals surface area contributed by atoms with Crippen molar-refractivity contribution in [3.8, 4) is 0 Å². The van der Waals surface area contributed by atoms with Crippen LogP contribution in [0.5, 0.6) is 0 Å². The summed E-state index contributed by atoms with van der Waals surface area (Å²) in [6.45, 7) is 7.96. The van der Waals surface area contributed by atoms with E-state index in [1.165, 1.54) is 0 Å². The average molecular weight is 266 g/mol. The second-order valence-electron chi connectivity index (χ2n) is 6.72. The number of fused-ring (bicyclic) bond motifs is 3. The lowest BCUT2D eigenvalue weighted by Crippen LogP contribution is -2.56. The average Bonchev–Trinajstić information content (AvgIpc) is 2.63. The summed E-state index contributed by atoms with van der Waals surface area (Å²) in [7, 11) is 0. The molecule has 0 radical (unpaired) electrons. The van der Waals surface area contributed by atoms with Crippen LogP contribution in [-0.2, 0) is 9.53 Å². The summed E-state index contributed by atoms with van der Waals surface area (Å²) >= 11 is 0. The van der Waals surface area contributed by atoms with Crippen molar-refractivity contribution >= 4 is 5.97 Å². The smallest absolute Gasteiger partial charge is 0.309 e. The van der Waals surface area contributed by atoms with Crippen molar-refractivity contribution < 1.29 is 19.7 Å². The van der Waals surface area contributed by atoms with Crippen molar-refractivity contribution in [1.29, 1.82) is 0 Å². The number of aliphatic hydroxyl groups is 2. The standard InChI is InChI=1S/C15H22O4/c1-7-9-4-5-15(3)11(17)6-10(16)8(2)12(15)13(9)19-14(7)18/h7,9-13,16-17H,2,4-6H2,1,3H3/t7-,9?,10-,11+,12+,13-,15-/m0/s1. The van der Waals surface area contributed by atoms with Crippen LogP contribution in [0.2, 0.25) is 0 Å². The Hall–Kier alpha value is -0.870. The van der Waals surface area contributed by atoms with Crippen LogP contribution in [0.1, 0.15) is 33.1 Å². The zero-order valence-electron chi connectivity index (χ0n) is 11.5. The van der Waals surface area contributed by atoms with Crippen molar-refractivity contribution in [3.63, 3.8) is 0 Å². The highest BCUT2D eigenvalue weighted by molar-refractivity contribution is 5.75. The van der Waals surface area contributed by atoms with Crippen LogP contribution in [0.15, 0.2) is 12.2 Å². The SMILES string of the molecule is C=C1[C@@H]2[C@H]3OC(=O)[C@@H](C)C3CC[C@@]2(C)[C@H](O)C[C@@H]1O. The molecule has 2 N–H and O–H groups in total. The van der Waals surface area contributed by atoms with Gasteiger partial charge in [-0.2, -0.15) is 0 Å². The molecule has 1 aliphatic heterocycles. The van der Waals surface area contributed by atoms with Gasteiger partial charge in [0.05, 0.1) is 18.1 Å². The van der Waals surface area contributed by atoms with Gasteiger partial charge in [0.2, 0.25) is 0 Å². The number of hydrogen-bond acceptors (Lipinski definition) is 4. The van der Waals surface area contributed by atoms with Gasteiger partial charge in [0.25, 0.3) is 0 Å². The number of hydrogen-bond donors (Lipinski definition) is 2. The van der Waals surface area contributed by atoms with Gasteiger partial charge in [-0.1, -0.05) is 20.4 Å². The molecule has 2 saturated carbocycles. The third kappa shape index (κ3) is 1.62. The van der Waals surface area contributed by atoms with E-state index >= 15 is 0 Å². The topological polar surface area (TPSA) is 66.8 Å². The fourth-order valence-electron chi connectivity index (χ4n) is 4.37. The highest BCUT2D eigenvalue weighted by atomic mass is 16.6. The van der Waals surface area contributed by atoms with E-state index in [0.29, 0.717) is 6.42 Å². The Balaban J connectivity index is 2.00. The van der Waals surface area contributed by atoms with Crippen LogP contribution < -0.4 is 0 Å². The van der Waals surface area contributed by atoms with E-state index in [1.807, 2.05) is 13.8 Å². The molecule has 0 aromatic rings. The lowest BCUT2D eigenvalue weighted by molar-refractivity contribution is -0.155. The van der Waals surface area contributed by atoms with Crippen LogP contribution in [0, 0.1) is 23.2 Å².